The van der Waals surface area contributed by atoms with Gasteiger partial charge in [0.2, 0.25) is 0 Å². The Morgan fingerprint density at radius 2 is 0.594 bits per heavy atom. The molecule has 6 nitrogen and oxygen atoms in total. The highest BCUT2D eigenvalue weighted by Gasteiger charge is 2.19. The molecule has 0 saturated carbocycles. The molecule has 0 fully saturated rings. The molecule has 392 valence electrons. The normalized spacial score (nSPS) is 12.9. The van der Waals surface area contributed by atoms with Crippen molar-refractivity contribution in [2.24, 2.45) is 0 Å². The third kappa shape index (κ3) is 54.9. The third-order valence-electron chi connectivity index (χ3n) is 11.8. The van der Waals surface area contributed by atoms with Crippen molar-refractivity contribution in [2.75, 3.05) is 13.2 Å². The zero-order chi connectivity index (χ0) is 50.0. The molecular formula is C63H104O6. The minimum Gasteiger partial charge on any atom is -0.462 e. The molecule has 0 aromatic heterocycles. The van der Waals surface area contributed by atoms with Crippen molar-refractivity contribution in [2.45, 2.75) is 258 Å². The van der Waals surface area contributed by atoms with Crippen molar-refractivity contribution in [1.82, 2.24) is 0 Å². The second kappa shape index (κ2) is 56.7. The molecule has 0 heterocycles. The number of carbonyl (C=O) groups excluding carboxylic acids is 3. The van der Waals surface area contributed by atoms with Crippen molar-refractivity contribution in [3.05, 3.63) is 109 Å². The van der Waals surface area contributed by atoms with Gasteiger partial charge in [-0.25, -0.2) is 0 Å². The van der Waals surface area contributed by atoms with E-state index in [0.29, 0.717) is 19.3 Å². The first-order valence-electron chi connectivity index (χ1n) is 28.4. The Bertz CT molecular complexity index is 1420. The second-order valence-electron chi connectivity index (χ2n) is 18.5. The molecule has 0 aliphatic heterocycles. The maximum Gasteiger partial charge on any atom is 0.306 e. The minimum atomic E-state index is -0.829. The smallest absolute Gasteiger partial charge is 0.306 e. The Kier molecular flexibility index (Phi) is 53.4. The lowest BCUT2D eigenvalue weighted by atomic mass is 10.0. The van der Waals surface area contributed by atoms with Crippen molar-refractivity contribution in [1.29, 1.82) is 0 Å². The van der Waals surface area contributed by atoms with Crippen molar-refractivity contribution in [3.63, 3.8) is 0 Å². The number of unbranched alkanes of at least 4 members (excludes halogenated alkanes) is 21. The van der Waals surface area contributed by atoms with E-state index in [4.69, 9.17) is 14.2 Å². The number of hydrogen-bond acceptors (Lipinski definition) is 6. The summed E-state index contributed by atoms with van der Waals surface area (Å²) in [6.07, 6.45) is 76.6. The first-order chi connectivity index (χ1) is 34.0. The molecular weight excluding hydrogens is 853 g/mol. The molecule has 0 N–H and O–H groups in total. The predicted octanol–water partition coefficient (Wildman–Crippen LogP) is 19.1. The number of rotatable bonds is 50. The average molecular weight is 958 g/mol. The van der Waals surface area contributed by atoms with Crippen molar-refractivity contribution in [3.8, 4) is 0 Å². The lowest BCUT2D eigenvalue weighted by molar-refractivity contribution is -0.166. The molecule has 0 amide bonds. The second-order valence-corrected chi connectivity index (χ2v) is 18.5. The Labute approximate surface area is 425 Å². The van der Waals surface area contributed by atoms with Crippen molar-refractivity contribution < 1.29 is 28.6 Å². The molecule has 0 unspecified atom stereocenters. The maximum atomic E-state index is 12.8. The molecule has 69 heavy (non-hydrogen) atoms. The quantitative estimate of drug-likeness (QED) is 0.0262. The van der Waals surface area contributed by atoms with Crippen LogP contribution in [0.15, 0.2) is 109 Å². The molecule has 0 spiro atoms. The van der Waals surface area contributed by atoms with Crippen LogP contribution >= 0.6 is 0 Å². The largest absolute Gasteiger partial charge is 0.462 e. The Morgan fingerprint density at radius 3 is 0.971 bits per heavy atom. The van der Waals surface area contributed by atoms with Gasteiger partial charge in [-0.3, -0.25) is 14.4 Å². The van der Waals surface area contributed by atoms with Crippen LogP contribution < -0.4 is 0 Å². The van der Waals surface area contributed by atoms with E-state index in [1.165, 1.54) is 103 Å². The Hall–Kier alpha value is -3.93. The monoisotopic (exact) mass is 957 g/mol. The lowest BCUT2D eigenvalue weighted by Gasteiger charge is -2.18. The van der Waals surface area contributed by atoms with Gasteiger partial charge in [0.1, 0.15) is 13.2 Å². The molecule has 0 bridgehead atoms. The predicted molar refractivity (Wildman–Crippen MR) is 297 cm³/mol. The summed E-state index contributed by atoms with van der Waals surface area (Å²) in [7, 11) is 0. The summed E-state index contributed by atoms with van der Waals surface area (Å²) in [6, 6.07) is 0. The van der Waals surface area contributed by atoms with Crippen molar-refractivity contribution >= 4 is 17.9 Å². The Balaban J connectivity index is 4.55. The first-order valence-corrected chi connectivity index (χ1v) is 28.4. The van der Waals surface area contributed by atoms with Crippen LogP contribution in [0.5, 0.6) is 0 Å². The summed E-state index contributed by atoms with van der Waals surface area (Å²) in [5.74, 6) is -1.02. The van der Waals surface area contributed by atoms with Gasteiger partial charge in [-0.1, -0.05) is 246 Å². The van der Waals surface area contributed by atoms with Gasteiger partial charge >= 0.3 is 17.9 Å². The standard InChI is InChI=1S/C63H104O6/c1-4-7-10-13-16-19-22-25-28-30-31-33-36-39-42-45-48-51-54-57-63(66)69-60(58-67-61(64)55-52-49-46-43-40-37-34-27-24-21-18-15-12-9-6-3)59-68-62(65)56-53-50-47-44-41-38-35-32-29-26-23-20-17-14-11-8-5-2/h8,11,16-17,19-20,25-26,28-29,31,33,35,38-39,42,48,51,60H,4-7,9-10,12-15,18,21-24,27,30,32,34,36-37,40-41,43-47,49-50,52-59H2,1-3H3/b11-8-,19-16-,20-17-,28-25-,29-26-,33-31-,38-35-,42-39-,51-48-/t60-/m0/s1. The van der Waals surface area contributed by atoms with Crippen LogP contribution in [0.2, 0.25) is 0 Å². The summed E-state index contributed by atoms with van der Waals surface area (Å²) in [5, 5.41) is 0. The fraction of sp³-hybridized carbons (Fsp3) is 0.667. The van der Waals surface area contributed by atoms with Crippen LogP contribution in [0.1, 0.15) is 252 Å². The molecule has 0 aromatic rings. The summed E-state index contributed by atoms with van der Waals surface area (Å²) >= 11 is 0. The van der Waals surface area contributed by atoms with Crippen LogP contribution in [0.4, 0.5) is 0 Å². The molecule has 0 saturated heterocycles. The van der Waals surface area contributed by atoms with Gasteiger partial charge in [-0.15, -0.1) is 0 Å². The van der Waals surface area contributed by atoms with E-state index in [1.54, 1.807) is 0 Å². The number of hydrogen-bond donors (Lipinski definition) is 0. The molecule has 0 aromatic carbocycles. The molecule has 0 radical (unpaired) electrons. The van der Waals surface area contributed by atoms with Crippen LogP contribution in [0.25, 0.3) is 0 Å². The van der Waals surface area contributed by atoms with E-state index in [1.807, 2.05) is 6.08 Å². The molecule has 0 aliphatic rings. The van der Waals surface area contributed by atoms with E-state index in [9.17, 15) is 14.4 Å². The number of ether oxygens (including phenoxy) is 3. The highest BCUT2D eigenvalue weighted by Crippen LogP contribution is 2.15. The van der Waals surface area contributed by atoms with Gasteiger partial charge in [-0.2, -0.15) is 0 Å². The van der Waals surface area contributed by atoms with E-state index in [0.717, 1.165) is 103 Å². The zero-order valence-corrected chi connectivity index (χ0v) is 44.8. The highest BCUT2D eigenvalue weighted by molar-refractivity contribution is 5.71. The van der Waals surface area contributed by atoms with Crippen LogP contribution in [0.3, 0.4) is 0 Å². The summed E-state index contributed by atoms with van der Waals surface area (Å²) in [6.45, 7) is 6.42. The summed E-state index contributed by atoms with van der Waals surface area (Å²) in [4.78, 5) is 38.1. The molecule has 0 aliphatic carbocycles. The third-order valence-corrected chi connectivity index (χ3v) is 11.8. The van der Waals surface area contributed by atoms with Crippen LogP contribution in [-0.2, 0) is 28.6 Å². The highest BCUT2D eigenvalue weighted by atomic mass is 16.6. The van der Waals surface area contributed by atoms with Gasteiger partial charge < -0.3 is 14.2 Å². The molecule has 0 rings (SSSR count). The zero-order valence-electron chi connectivity index (χ0n) is 44.8. The van der Waals surface area contributed by atoms with Gasteiger partial charge in [0.25, 0.3) is 0 Å². The molecule has 6 heteroatoms. The number of allylic oxidation sites excluding steroid dienone is 18. The first kappa shape index (κ1) is 65.1. The van der Waals surface area contributed by atoms with Crippen LogP contribution in [0, 0.1) is 0 Å². The average Bonchev–Trinajstić information content (AvgIpc) is 3.35. The van der Waals surface area contributed by atoms with Gasteiger partial charge in [0.15, 0.2) is 6.10 Å². The molecule has 1 atom stereocenters. The topological polar surface area (TPSA) is 78.9 Å². The fourth-order valence-corrected chi connectivity index (χ4v) is 7.53. The van der Waals surface area contributed by atoms with Gasteiger partial charge in [0, 0.05) is 19.3 Å². The van der Waals surface area contributed by atoms with Gasteiger partial charge in [-0.05, 0) is 96.3 Å². The lowest BCUT2D eigenvalue weighted by Crippen LogP contribution is -2.30. The minimum absolute atomic E-state index is 0.115. The maximum absolute atomic E-state index is 12.8. The SMILES string of the molecule is CC/C=C\C/C=C\C/C=C\C/C=C\CCCCCCC(=O)OC[C@H](COC(=O)CCCCCCCCCCCCCCCCC)OC(=O)CC/C=C\C/C=C\C/C=C\C/C=C\C/C=C\CCCCC. The van der Waals surface area contributed by atoms with Crippen LogP contribution in [-0.4, -0.2) is 37.2 Å². The van der Waals surface area contributed by atoms with Gasteiger partial charge in [0.05, 0.1) is 0 Å². The number of carbonyl (C=O) groups is 3. The Morgan fingerprint density at radius 1 is 0.304 bits per heavy atom. The summed E-state index contributed by atoms with van der Waals surface area (Å²) < 4.78 is 16.8. The van der Waals surface area contributed by atoms with E-state index in [-0.39, 0.29) is 31.6 Å². The number of esters is 3. The van der Waals surface area contributed by atoms with E-state index < -0.39 is 12.1 Å². The fourth-order valence-electron chi connectivity index (χ4n) is 7.53. The van der Waals surface area contributed by atoms with E-state index >= 15 is 0 Å². The van der Waals surface area contributed by atoms with E-state index in [2.05, 4.69) is 124 Å². The summed E-state index contributed by atoms with van der Waals surface area (Å²) in [5.41, 5.74) is 0.